The Morgan fingerprint density at radius 3 is 2.67 bits per heavy atom. The van der Waals surface area contributed by atoms with Gasteiger partial charge in [-0.05, 0) is 38.3 Å². The summed E-state index contributed by atoms with van der Waals surface area (Å²) < 4.78 is 5.65. The maximum atomic E-state index is 12.7. The first-order valence-corrected chi connectivity index (χ1v) is 12.3. The van der Waals surface area contributed by atoms with Crippen molar-refractivity contribution >= 4 is 29.2 Å². The molecule has 182 valence electrons. The Morgan fingerprint density at radius 1 is 1.27 bits per heavy atom. The summed E-state index contributed by atoms with van der Waals surface area (Å²) in [6, 6.07) is -0.530. The molecule has 0 aromatic carbocycles. The van der Waals surface area contributed by atoms with Gasteiger partial charge in [-0.15, -0.1) is 11.3 Å². The summed E-state index contributed by atoms with van der Waals surface area (Å²) in [6.45, 7) is 5.32. The van der Waals surface area contributed by atoms with Crippen LogP contribution in [0.4, 0.5) is 0 Å². The van der Waals surface area contributed by atoms with Crippen molar-refractivity contribution in [2.75, 3.05) is 0 Å². The Morgan fingerprint density at radius 2 is 2.00 bits per heavy atom. The minimum Gasteiger partial charge on any atom is -0.458 e. The lowest BCUT2D eigenvalue weighted by Crippen LogP contribution is -2.42. The molecule has 2 aliphatic rings. The number of hydrogen-bond donors (Lipinski definition) is 4. The van der Waals surface area contributed by atoms with Gasteiger partial charge < -0.3 is 25.8 Å². The molecule has 3 rings (SSSR count). The van der Waals surface area contributed by atoms with Crippen LogP contribution in [0, 0.1) is 18.8 Å². The molecule has 4 unspecified atom stereocenters. The van der Waals surface area contributed by atoms with E-state index >= 15 is 0 Å². The second-order valence-corrected chi connectivity index (χ2v) is 10.3. The van der Waals surface area contributed by atoms with Crippen LogP contribution in [0.2, 0.25) is 0 Å². The number of aliphatic hydroxyl groups is 3. The zero-order valence-corrected chi connectivity index (χ0v) is 20.1. The van der Waals surface area contributed by atoms with Gasteiger partial charge in [0.1, 0.15) is 6.10 Å². The molecular formula is C24H34N2O6S. The van der Waals surface area contributed by atoms with E-state index < -0.39 is 48.8 Å². The largest absolute Gasteiger partial charge is 0.458 e. The van der Waals surface area contributed by atoms with E-state index in [1.165, 1.54) is 11.3 Å². The first-order valence-electron chi connectivity index (χ1n) is 11.4. The van der Waals surface area contributed by atoms with Gasteiger partial charge in [-0.1, -0.05) is 19.4 Å². The van der Waals surface area contributed by atoms with E-state index in [4.69, 9.17) is 10.5 Å². The van der Waals surface area contributed by atoms with Gasteiger partial charge in [0.25, 0.3) is 0 Å². The number of esters is 1. The lowest BCUT2D eigenvalue weighted by Gasteiger charge is -2.33. The van der Waals surface area contributed by atoms with Crippen molar-refractivity contribution in [1.82, 2.24) is 4.98 Å². The van der Waals surface area contributed by atoms with Crippen LogP contribution < -0.4 is 5.73 Å². The number of ketones is 1. The molecule has 1 aromatic rings. The van der Waals surface area contributed by atoms with Crippen LogP contribution in [0.1, 0.15) is 56.7 Å². The molecule has 1 aliphatic carbocycles. The number of rotatable bonds is 2. The summed E-state index contributed by atoms with van der Waals surface area (Å²) in [5.41, 5.74) is 7.81. The summed E-state index contributed by atoms with van der Waals surface area (Å²) >= 11 is 1.50. The highest BCUT2D eigenvalue weighted by Crippen LogP contribution is 2.32. The molecule has 0 saturated heterocycles. The van der Waals surface area contributed by atoms with Gasteiger partial charge in [0.15, 0.2) is 5.78 Å². The van der Waals surface area contributed by atoms with E-state index in [-0.39, 0.29) is 23.7 Å². The fourth-order valence-electron chi connectivity index (χ4n) is 4.48. The number of aliphatic hydroxyl groups excluding tert-OH is 3. The number of carbonyl (C=O) groups is 2. The molecule has 1 aromatic heterocycles. The minimum atomic E-state index is -1.32. The Kier molecular flexibility index (Phi) is 8.58. The maximum Gasteiger partial charge on any atom is 0.309 e. The summed E-state index contributed by atoms with van der Waals surface area (Å²) in [5.74, 6) is -2.04. The van der Waals surface area contributed by atoms with E-state index in [1.807, 2.05) is 12.3 Å². The van der Waals surface area contributed by atoms with Crippen molar-refractivity contribution in [3.8, 4) is 0 Å². The Hall–Kier alpha value is -1.91. The molecular weight excluding hydrogens is 444 g/mol. The summed E-state index contributed by atoms with van der Waals surface area (Å²) in [5, 5.41) is 34.7. The number of cyclic esters (lactones) is 1. The van der Waals surface area contributed by atoms with Crippen molar-refractivity contribution in [3.05, 3.63) is 33.3 Å². The topological polar surface area (TPSA) is 143 Å². The van der Waals surface area contributed by atoms with Crippen LogP contribution in [-0.2, 0) is 14.3 Å². The second-order valence-electron chi connectivity index (χ2n) is 9.21. The molecule has 0 saturated carbocycles. The number of aromatic nitrogens is 1. The average molecular weight is 479 g/mol. The van der Waals surface area contributed by atoms with E-state index in [0.717, 1.165) is 10.7 Å². The summed E-state index contributed by atoms with van der Waals surface area (Å²) in [4.78, 5) is 29.8. The summed E-state index contributed by atoms with van der Waals surface area (Å²) in [7, 11) is 0. The molecule has 1 aliphatic heterocycles. The molecule has 0 radical (unpaired) electrons. The van der Waals surface area contributed by atoms with Crippen molar-refractivity contribution in [3.63, 3.8) is 0 Å². The fraction of sp³-hybridized carbons (Fsp3) is 0.625. The van der Waals surface area contributed by atoms with Crippen LogP contribution in [0.25, 0.3) is 6.08 Å². The van der Waals surface area contributed by atoms with Gasteiger partial charge in [-0.3, -0.25) is 9.59 Å². The minimum absolute atomic E-state index is 0.110. The standard InChI is InChI=1S/C24H34N2O6S/c1-12(7-16-11-33-14(3)26-16)21-9-20(28)18(25)6-4-5-15-8-17(19(27)10-22(29)32-21)24(31)13(2)23(15)30/h7-8,11,13,15,18-21,23,27-28,30H,4-6,9-10,25H2,1-3H3/b12-7+/t13?,15?,18?,19?,20-,21-,23+/m0/s1. The molecule has 0 spiro atoms. The van der Waals surface area contributed by atoms with Crippen molar-refractivity contribution in [2.24, 2.45) is 17.6 Å². The highest BCUT2D eigenvalue weighted by Gasteiger charge is 2.38. The Balaban J connectivity index is 1.87. The zero-order valence-electron chi connectivity index (χ0n) is 19.3. The van der Waals surface area contributed by atoms with E-state index in [1.54, 1.807) is 26.0 Å². The van der Waals surface area contributed by atoms with Crippen LogP contribution in [0.15, 0.2) is 22.6 Å². The van der Waals surface area contributed by atoms with E-state index in [0.29, 0.717) is 24.8 Å². The summed E-state index contributed by atoms with van der Waals surface area (Å²) in [6.07, 6.45) is 0.986. The fourth-order valence-corrected chi connectivity index (χ4v) is 5.05. The average Bonchev–Trinajstić information content (AvgIpc) is 3.16. The highest BCUT2D eigenvalue weighted by atomic mass is 32.1. The number of aryl methyl sites for hydroxylation is 1. The highest BCUT2D eigenvalue weighted by molar-refractivity contribution is 7.09. The molecule has 0 fully saturated rings. The molecule has 8 nitrogen and oxygen atoms in total. The predicted octanol–water partition coefficient (Wildman–Crippen LogP) is 1.90. The molecule has 33 heavy (non-hydrogen) atoms. The van der Waals surface area contributed by atoms with Crippen molar-refractivity contribution in [1.29, 1.82) is 0 Å². The lowest BCUT2D eigenvalue weighted by atomic mass is 9.75. The number of fused-ring (bicyclic) bond motifs is 1. The third-order valence-electron chi connectivity index (χ3n) is 6.58. The van der Waals surface area contributed by atoms with Gasteiger partial charge in [-0.2, -0.15) is 0 Å². The number of ether oxygens (including phenoxy) is 1. The van der Waals surface area contributed by atoms with Crippen LogP contribution in [0.3, 0.4) is 0 Å². The smallest absolute Gasteiger partial charge is 0.309 e. The van der Waals surface area contributed by atoms with E-state index in [2.05, 4.69) is 4.98 Å². The van der Waals surface area contributed by atoms with Gasteiger partial charge in [0, 0.05) is 35.3 Å². The van der Waals surface area contributed by atoms with Gasteiger partial charge >= 0.3 is 5.97 Å². The van der Waals surface area contributed by atoms with Crippen molar-refractivity contribution in [2.45, 2.75) is 83.3 Å². The number of hydrogen-bond acceptors (Lipinski definition) is 9. The van der Waals surface area contributed by atoms with Crippen LogP contribution in [0.5, 0.6) is 0 Å². The third kappa shape index (κ3) is 6.36. The second kappa shape index (κ2) is 11.0. The first-order chi connectivity index (χ1) is 15.6. The van der Waals surface area contributed by atoms with Gasteiger partial charge in [-0.25, -0.2) is 4.98 Å². The lowest BCUT2D eigenvalue weighted by molar-refractivity contribution is -0.150. The molecule has 0 amide bonds. The predicted molar refractivity (Wildman–Crippen MR) is 125 cm³/mol. The molecule has 9 heteroatoms. The molecule has 2 bridgehead atoms. The van der Waals surface area contributed by atoms with Crippen molar-refractivity contribution < 1.29 is 29.6 Å². The molecule has 2 heterocycles. The zero-order chi connectivity index (χ0) is 24.3. The third-order valence-corrected chi connectivity index (χ3v) is 7.37. The number of nitrogens with zero attached hydrogens (tertiary/aromatic N) is 1. The SMILES string of the molecule is C/C(=C\c1csc(C)n1)[C@@H]1C[C@H](O)C(N)CCCC2C=C(C(=O)C(C)[C@H]2O)C(O)CC(=O)O1. The van der Waals surface area contributed by atoms with Gasteiger partial charge in [0.2, 0.25) is 0 Å². The molecule has 5 N–H and O–H groups in total. The number of thiazole rings is 1. The Labute approximate surface area is 198 Å². The quantitative estimate of drug-likeness (QED) is 0.472. The first kappa shape index (κ1) is 25.7. The number of Topliss-reactive ketones (excluding diaryl/α,β-unsaturated/α-hetero) is 1. The monoisotopic (exact) mass is 478 g/mol. The Bertz CT molecular complexity index is 926. The van der Waals surface area contributed by atoms with Crippen LogP contribution >= 0.6 is 11.3 Å². The van der Waals surface area contributed by atoms with Gasteiger partial charge in [0.05, 0.1) is 35.4 Å². The molecule has 7 atom stereocenters. The van der Waals surface area contributed by atoms with Crippen LogP contribution in [-0.4, -0.2) is 62.5 Å². The van der Waals surface area contributed by atoms with E-state index in [9.17, 15) is 24.9 Å². The normalized spacial score (nSPS) is 34.9. The maximum absolute atomic E-state index is 12.7. The number of carbonyl (C=O) groups excluding carboxylic acids is 2. The number of nitrogens with two attached hydrogens (primary N) is 1.